The van der Waals surface area contributed by atoms with Gasteiger partial charge in [-0.05, 0) is 151 Å². The fourth-order valence-corrected chi connectivity index (χ4v) is 11.6. The minimum Gasteiger partial charge on any atom is -0.299 e. The zero-order valence-electron chi connectivity index (χ0n) is 30.2. The van der Waals surface area contributed by atoms with E-state index in [2.05, 4.69) is 79.7 Å². The summed E-state index contributed by atoms with van der Waals surface area (Å²) >= 11 is 0. The van der Waals surface area contributed by atoms with Crippen molar-refractivity contribution in [1.29, 1.82) is 0 Å². The molecule has 6 atom stereocenters. The van der Waals surface area contributed by atoms with E-state index in [9.17, 15) is 9.59 Å². The Hall–Kier alpha value is -2.22. The Bertz CT molecular complexity index is 1410. The van der Waals surface area contributed by atoms with Crippen molar-refractivity contribution in [2.24, 2.45) is 22.7 Å². The van der Waals surface area contributed by atoms with Crippen molar-refractivity contribution < 1.29 is 9.59 Å². The largest absolute Gasteiger partial charge is 0.299 e. The first-order valence-corrected chi connectivity index (χ1v) is 18.4. The van der Waals surface area contributed by atoms with Crippen LogP contribution < -0.4 is 0 Å². The molecule has 2 fully saturated rings. The number of Topliss-reactive ketones (excluding diaryl/α,β-unsaturated/α-hetero) is 2. The van der Waals surface area contributed by atoms with Crippen LogP contribution in [0.4, 0.5) is 0 Å². The highest BCUT2D eigenvalue weighted by atomic mass is 16.1. The molecule has 0 aliphatic heterocycles. The lowest BCUT2D eigenvalue weighted by atomic mass is 9.48. The van der Waals surface area contributed by atoms with E-state index in [1.54, 1.807) is 0 Å². The number of benzene rings is 2. The van der Waals surface area contributed by atoms with Gasteiger partial charge in [-0.2, -0.15) is 0 Å². The molecule has 0 amide bonds. The minimum atomic E-state index is -0.217. The SMILES string of the molecule is CC(=O)C1(C)CCCC2(C)c3cc(Cc4cc5c(cc4C(C)C)CCC4C(C)(C(C)=O)CCCC54C)c(C(C)C)cc3CCC12. The Morgan fingerprint density at radius 1 is 0.644 bits per heavy atom. The van der Waals surface area contributed by atoms with Crippen LogP contribution in [0.25, 0.3) is 0 Å². The van der Waals surface area contributed by atoms with Gasteiger partial charge in [-0.15, -0.1) is 0 Å². The van der Waals surface area contributed by atoms with Gasteiger partial charge in [0.2, 0.25) is 0 Å². The van der Waals surface area contributed by atoms with Gasteiger partial charge in [-0.1, -0.05) is 92.5 Å². The number of carbonyl (C=O) groups is 2. The molecule has 45 heavy (non-hydrogen) atoms. The Morgan fingerprint density at radius 3 is 1.36 bits per heavy atom. The average molecular weight is 609 g/mol. The van der Waals surface area contributed by atoms with Gasteiger partial charge in [-0.3, -0.25) is 9.59 Å². The average Bonchev–Trinajstić information content (AvgIpc) is 2.96. The molecule has 244 valence electrons. The van der Waals surface area contributed by atoms with E-state index >= 15 is 0 Å². The fraction of sp³-hybridized carbons (Fsp3) is 0.674. The number of rotatable bonds is 6. The fourth-order valence-electron chi connectivity index (χ4n) is 11.6. The van der Waals surface area contributed by atoms with Crippen LogP contribution in [0.1, 0.15) is 177 Å². The first-order chi connectivity index (χ1) is 21.1. The summed E-state index contributed by atoms with van der Waals surface area (Å²) in [6.45, 7) is 22.6. The van der Waals surface area contributed by atoms with Gasteiger partial charge in [0.25, 0.3) is 0 Å². The molecule has 0 radical (unpaired) electrons. The predicted octanol–water partition coefficient (Wildman–Crippen LogP) is 10.7. The van der Waals surface area contributed by atoms with Crippen LogP contribution in [0.5, 0.6) is 0 Å². The summed E-state index contributed by atoms with van der Waals surface area (Å²) in [6, 6.07) is 10.4. The highest BCUT2D eigenvalue weighted by Gasteiger charge is 2.55. The number of hydrogen-bond donors (Lipinski definition) is 0. The highest BCUT2D eigenvalue weighted by Crippen LogP contribution is 2.59. The quantitative estimate of drug-likeness (QED) is 0.327. The molecule has 0 heterocycles. The van der Waals surface area contributed by atoms with E-state index in [1.165, 1.54) is 57.3 Å². The van der Waals surface area contributed by atoms with Crippen LogP contribution >= 0.6 is 0 Å². The molecule has 4 aliphatic rings. The maximum absolute atomic E-state index is 13.1. The topological polar surface area (TPSA) is 34.1 Å². The molecule has 0 N–H and O–H groups in total. The van der Waals surface area contributed by atoms with Gasteiger partial charge in [0, 0.05) is 10.8 Å². The van der Waals surface area contributed by atoms with Crippen molar-refractivity contribution in [1.82, 2.24) is 0 Å². The summed E-state index contributed by atoms with van der Waals surface area (Å²) in [7, 11) is 0. The van der Waals surface area contributed by atoms with E-state index in [1.807, 2.05) is 13.8 Å². The lowest BCUT2D eigenvalue weighted by Crippen LogP contribution is -2.52. The van der Waals surface area contributed by atoms with Crippen LogP contribution in [0.2, 0.25) is 0 Å². The van der Waals surface area contributed by atoms with E-state index < -0.39 is 0 Å². The lowest BCUT2D eigenvalue weighted by Gasteiger charge is -2.55. The van der Waals surface area contributed by atoms with Gasteiger partial charge in [0.15, 0.2) is 0 Å². The third-order valence-electron chi connectivity index (χ3n) is 14.5. The Balaban J connectivity index is 1.48. The molecule has 6 unspecified atom stereocenters. The summed E-state index contributed by atoms with van der Waals surface area (Å²) in [5.41, 5.74) is 11.8. The number of hydrogen-bond acceptors (Lipinski definition) is 2. The predicted molar refractivity (Wildman–Crippen MR) is 187 cm³/mol. The van der Waals surface area contributed by atoms with Crippen molar-refractivity contribution in [3.63, 3.8) is 0 Å². The van der Waals surface area contributed by atoms with Gasteiger partial charge < -0.3 is 0 Å². The van der Waals surface area contributed by atoms with E-state index in [4.69, 9.17) is 0 Å². The van der Waals surface area contributed by atoms with Crippen LogP contribution in [0.3, 0.4) is 0 Å². The van der Waals surface area contributed by atoms with Crippen molar-refractivity contribution in [3.8, 4) is 0 Å². The standard InChI is InChI=1S/C43H60O2/c1-26(2)34-22-30-13-15-38-40(7,28(5)44)17-11-19-42(38,9)36(30)24-32(34)21-33-25-37-31(23-35(33)27(3)4)14-16-39-41(8,29(6)45)18-12-20-43(37,39)10/h22-27,38-39H,11-21H2,1-10H3. The van der Waals surface area contributed by atoms with E-state index in [-0.39, 0.29) is 21.7 Å². The first-order valence-electron chi connectivity index (χ1n) is 18.4. The molecular weight excluding hydrogens is 548 g/mol. The summed E-state index contributed by atoms with van der Waals surface area (Å²) in [6.07, 6.45) is 12.1. The Kier molecular flexibility index (Phi) is 8.14. The normalized spacial score (nSPS) is 34.1. The van der Waals surface area contributed by atoms with Gasteiger partial charge in [-0.25, -0.2) is 0 Å². The molecule has 0 spiro atoms. The Labute approximate surface area is 274 Å². The molecule has 2 nitrogen and oxygen atoms in total. The summed E-state index contributed by atoms with van der Waals surface area (Å²) in [5.74, 6) is 2.51. The van der Waals surface area contributed by atoms with Crippen LogP contribution in [-0.4, -0.2) is 11.6 Å². The number of aryl methyl sites for hydroxylation is 2. The summed E-state index contributed by atoms with van der Waals surface area (Å²) in [4.78, 5) is 26.2. The second-order valence-electron chi connectivity index (χ2n) is 17.6. The van der Waals surface area contributed by atoms with Crippen LogP contribution in [0, 0.1) is 22.7 Å². The van der Waals surface area contributed by atoms with Crippen LogP contribution in [-0.2, 0) is 39.7 Å². The number of carbonyl (C=O) groups excluding carboxylic acids is 2. The van der Waals surface area contributed by atoms with Crippen molar-refractivity contribution in [2.75, 3.05) is 0 Å². The zero-order valence-corrected chi connectivity index (χ0v) is 30.2. The highest BCUT2D eigenvalue weighted by molar-refractivity contribution is 5.83. The van der Waals surface area contributed by atoms with Crippen LogP contribution in [0.15, 0.2) is 24.3 Å². The van der Waals surface area contributed by atoms with E-state index in [0.29, 0.717) is 35.2 Å². The van der Waals surface area contributed by atoms with Crippen molar-refractivity contribution in [3.05, 3.63) is 68.8 Å². The van der Waals surface area contributed by atoms with Crippen molar-refractivity contribution >= 4 is 11.6 Å². The third-order valence-corrected chi connectivity index (χ3v) is 14.5. The number of ketones is 2. The molecule has 6 rings (SSSR count). The second kappa shape index (κ2) is 11.2. The van der Waals surface area contributed by atoms with Gasteiger partial charge in [0.05, 0.1) is 0 Å². The second-order valence-corrected chi connectivity index (χ2v) is 17.6. The zero-order chi connectivity index (χ0) is 32.7. The molecule has 2 saturated carbocycles. The lowest BCUT2D eigenvalue weighted by molar-refractivity contribution is -0.134. The van der Waals surface area contributed by atoms with Gasteiger partial charge >= 0.3 is 0 Å². The Morgan fingerprint density at radius 2 is 1.02 bits per heavy atom. The molecule has 0 bridgehead atoms. The maximum atomic E-state index is 13.1. The van der Waals surface area contributed by atoms with Gasteiger partial charge in [0.1, 0.15) is 11.6 Å². The molecule has 0 aromatic heterocycles. The smallest absolute Gasteiger partial charge is 0.135 e. The minimum absolute atomic E-state index is 0.0488. The molecule has 4 aliphatic carbocycles. The number of fused-ring (bicyclic) bond motifs is 6. The van der Waals surface area contributed by atoms with Crippen molar-refractivity contribution in [2.45, 2.75) is 163 Å². The molecule has 2 heteroatoms. The monoisotopic (exact) mass is 608 g/mol. The van der Waals surface area contributed by atoms with E-state index in [0.717, 1.165) is 57.8 Å². The summed E-state index contributed by atoms with van der Waals surface area (Å²) in [5, 5.41) is 0. The summed E-state index contributed by atoms with van der Waals surface area (Å²) < 4.78 is 0. The first kappa shape index (κ1) is 32.7. The molecular formula is C43H60O2. The molecule has 0 saturated heterocycles. The third kappa shape index (κ3) is 4.93. The molecule has 2 aromatic carbocycles. The maximum Gasteiger partial charge on any atom is 0.135 e. The molecule has 2 aromatic rings.